The number of fused-ring (bicyclic) bond motifs is 1. The highest BCUT2D eigenvalue weighted by atomic mass is 32.2. The van der Waals surface area contributed by atoms with Crippen LogP contribution in [-0.4, -0.2) is 27.8 Å². The van der Waals surface area contributed by atoms with Gasteiger partial charge in [0.05, 0.1) is 11.4 Å². The minimum atomic E-state index is -4.10. The van der Waals surface area contributed by atoms with Crippen molar-refractivity contribution in [3.8, 4) is 28.4 Å². The van der Waals surface area contributed by atoms with Gasteiger partial charge in [-0.05, 0) is 18.2 Å². The van der Waals surface area contributed by atoms with Crippen molar-refractivity contribution in [2.45, 2.75) is 0 Å². The van der Waals surface area contributed by atoms with Crippen molar-refractivity contribution in [1.82, 2.24) is 19.4 Å². The minimum absolute atomic E-state index is 0.116. The number of hydrogen-bond donors (Lipinski definition) is 1. The summed E-state index contributed by atoms with van der Waals surface area (Å²) >= 11 is 1.49. The third-order valence-electron chi connectivity index (χ3n) is 3.41. The number of nitrogens with zero attached hydrogens (tertiary/aromatic N) is 4. The third-order valence-corrected chi connectivity index (χ3v) is 4.59. The summed E-state index contributed by atoms with van der Waals surface area (Å²) in [6, 6.07) is 8.35. The maximum atomic E-state index is 11.2. The molecule has 0 aliphatic carbocycles. The number of aromatic nitrogens is 4. The van der Waals surface area contributed by atoms with Crippen LogP contribution in [0.2, 0.25) is 0 Å². The Morgan fingerprint density at radius 3 is 2.88 bits per heavy atom. The van der Waals surface area contributed by atoms with Crippen molar-refractivity contribution >= 4 is 26.6 Å². The summed E-state index contributed by atoms with van der Waals surface area (Å²) in [6.45, 7) is 0. The summed E-state index contributed by atoms with van der Waals surface area (Å²) < 4.78 is 29.0. The first-order valence-electron chi connectivity index (χ1n) is 7.06. The maximum Gasteiger partial charge on any atom is 0.380 e. The molecule has 4 rings (SSSR count). The molecule has 0 fully saturated rings. The molecule has 0 spiro atoms. The van der Waals surface area contributed by atoms with Crippen LogP contribution in [0.15, 0.2) is 54.4 Å². The summed E-state index contributed by atoms with van der Waals surface area (Å²) in [5.41, 5.74) is 2.83. The van der Waals surface area contributed by atoms with Gasteiger partial charge in [0.25, 0.3) is 0 Å². The molecule has 1 aromatic carbocycles. The predicted octanol–water partition coefficient (Wildman–Crippen LogP) is 2.10. The summed E-state index contributed by atoms with van der Waals surface area (Å²) in [4.78, 5) is 13.7. The van der Waals surface area contributed by atoms with Crippen LogP contribution in [0, 0.1) is 0 Å². The van der Waals surface area contributed by atoms with Gasteiger partial charge in [-0.25, -0.2) is 15.0 Å². The second kappa shape index (κ2) is 5.92. The SMILES string of the molecule is NS(=O)(=O)Oc1cccc(-c2nc3sccn3c2-c2ccncn2)c1. The van der Waals surface area contributed by atoms with Crippen molar-refractivity contribution in [1.29, 1.82) is 0 Å². The van der Waals surface area contributed by atoms with Crippen LogP contribution in [0.5, 0.6) is 5.75 Å². The summed E-state index contributed by atoms with van der Waals surface area (Å²) in [5.74, 6) is 0.116. The average molecular weight is 373 g/mol. The van der Waals surface area contributed by atoms with E-state index in [4.69, 9.17) is 9.32 Å². The second-order valence-corrected chi connectivity index (χ2v) is 7.09. The normalized spacial score (nSPS) is 11.7. The first-order valence-corrected chi connectivity index (χ1v) is 9.41. The van der Waals surface area contributed by atoms with Gasteiger partial charge < -0.3 is 4.18 Å². The van der Waals surface area contributed by atoms with Crippen LogP contribution in [0.3, 0.4) is 0 Å². The van der Waals surface area contributed by atoms with E-state index < -0.39 is 10.3 Å². The number of nitrogens with two attached hydrogens (primary N) is 1. The molecule has 0 aliphatic heterocycles. The van der Waals surface area contributed by atoms with Crippen LogP contribution in [0.4, 0.5) is 0 Å². The highest BCUT2D eigenvalue weighted by Gasteiger charge is 2.18. The third kappa shape index (κ3) is 3.09. The van der Waals surface area contributed by atoms with Crippen molar-refractivity contribution in [3.05, 3.63) is 54.4 Å². The zero-order valence-corrected chi connectivity index (χ0v) is 14.2. The Kier molecular flexibility index (Phi) is 3.71. The Balaban J connectivity index is 1.90. The van der Waals surface area contributed by atoms with Crippen molar-refractivity contribution in [3.63, 3.8) is 0 Å². The lowest BCUT2D eigenvalue weighted by Gasteiger charge is -2.06. The molecule has 0 amide bonds. The molecule has 0 atom stereocenters. The number of thiazole rings is 1. The quantitative estimate of drug-likeness (QED) is 0.586. The van der Waals surface area contributed by atoms with Gasteiger partial charge in [-0.2, -0.15) is 13.6 Å². The molecular weight excluding hydrogens is 362 g/mol. The Hall–Kier alpha value is -2.82. The average Bonchev–Trinajstić information content (AvgIpc) is 3.15. The molecule has 3 aromatic heterocycles. The molecule has 0 unspecified atom stereocenters. The molecule has 2 N–H and O–H groups in total. The molecule has 4 aromatic rings. The zero-order chi connectivity index (χ0) is 17.4. The Morgan fingerprint density at radius 2 is 2.12 bits per heavy atom. The molecule has 0 bridgehead atoms. The fraction of sp³-hybridized carbons (Fsp3) is 0. The topological polar surface area (TPSA) is 112 Å². The van der Waals surface area contributed by atoms with E-state index in [1.54, 1.807) is 24.4 Å². The molecule has 3 heterocycles. The van der Waals surface area contributed by atoms with Gasteiger partial charge in [0.1, 0.15) is 17.8 Å². The number of rotatable bonds is 4. The van der Waals surface area contributed by atoms with Gasteiger partial charge in [0, 0.05) is 23.3 Å². The zero-order valence-electron chi connectivity index (χ0n) is 12.6. The monoisotopic (exact) mass is 373 g/mol. The van der Waals surface area contributed by atoms with Crippen LogP contribution < -0.4 is 9.32 Å². The maximum absolute atomic E-state index is 11.2. The first-order chi connectivity index (χ1) is 12.0. The van der Waals surface area contributed by atoms with Gasteiger partial charge >= 0.3 is 10.3 Å². The van der Waals surface area contributed by atoms with E-state index in [0.29, 0.717) is 17.0 Å². The molecule has 25 heavy (non-hydrogen) atoms. The van der Waals surface area contributed by atoms with Crippen molar-refractivity contribution in [2.75, 3.05) is 0 Å². The van der Waals surface area contributed by atoms with E-state index >= 15 is 0 Å². The fourth-order valence-electron chi connectivity index (χ4n) is 2.49. The molecule has 8 nitrogen and oxygen atoms in total. The van der Waals surface area contributed by atoms with Crippen LogP contribution in [0.1, 0.15) is 0 Å². The standard InChI is InChI=1S/C15H11N5O3S2/c16-25(21,22)23-11-3-1-2-10(8-11)13-14(12-4-5-17-9-18-12)20-6-7-24-15(20)19-13/h1-9H,(H2,16,21,22). The lowest BCUT2D eigenvalue weighted by Crippen LogP contribution is -2.18. The molecule has 10 heteroatoms. The van der Waals surface area contributed by atoms with Crippen molar-refractivity contribution < 1.29 is 12.6 Å². The Labute approximate surface area is 146 Å². The molecule has 0 saturated heterocycles. The highest BCUT2D eigenvalue weighted by molar-refractivity contribution is 7.84. The Bertz CT molecular complexity index is 1150. The van der Waals surface area contributed by atoms with E-state index in [2.05, 4.69) is 15.0 Å². The predicted molar refractivity (Wildman–Crippen MR) is 93.3 cm³/mol. The van der Waals surface area contributed by atoms with Crippen LogP contribution >= 0.6 is 11.3 Å². The Morgan fingerprint density at radius 1 is 1.24 bits per heavy atom. The van der Waals surface area contributed by atoms with E-state index in [0.717, 1.165) is 10.7 Å². The largest absolute Gasteiger partial charge is 0.380 e. The second-order valence-electron chi connectivity index (χ2n) is 5.06. The molecule has 0 radical (unpaired) electrons. The number of benzene rings is 1. The van der Waals surface area contributed by atoms with E-state index in [-0.39, 0.29) is 5.75 Å². The number of hydrogen-bond acceptors (Lipinski definition) is 7. The number of imidazole rings is 1. The van der Waals surface area contributed by atoms with E-state index in [9.17, 15) is 8.42 Å². The summed E-state index contributed by atoms with van der Waals surface area (Å²) in [5, 5.41) is 6.86. The lowest BCUT2D eigenvalue weighted by atomic mass is 10.1. The van der Waals surface area contributed by atoms with Crippen molar-refractivity contribution in [2.24, 2.45) is 5.14 Å². The van der Waals surface area contributed by atoms with Crippen LogP contribution in [-0.2, 0) is 10.3 Å². The van der Waals surface area contributed by atoms with E-state index in [1.807, 2.05) is 22.0 Å². The molecular formula is C15H11N5O3S2. The first kappa shape index (κ1) is 15.7. The molecule has 0 saturated carbocycles. The van der Waals surface area contributed by atoms with Gasteiger partial charge in [0.15, 0.2) is 4.96 Å². The van der Waals surface area contributed by atoms with Gasteiger partial charge in [-0.3, -0.25) is 4.40 Å². The van der Waals surface area contributed by atoms with Gasteiger partial charge in [-0.15, -0.1) is 11.3 Å². The lowest BCUT2D eigenvalue weighted by molar-refractivity contribution is 0.488. The minimum Gasteiger partial charge on any atom is -0.371 e. The van der Waals surface area contributed by atoms with Gasteiger partial charge in [0.2, 0.25) is 0 Å². The smallest absolute Gasteiger partial charge is 0.371 e. The van der Waals surface area contributed by atoms with Gasteiger partial charge in [-0.1, -0.05) is 12.1 Å². The molecule has 0 aliphatic rings. The highest BCUT2D eigenvalue weighted by Crippen LogP contribution is 2.34. The van der Waals surface area contributed by atoms with E-state index in [1.165, 1.54) is 23.7 Å². The fourth-order valence-corrected chi connectivity index (χ4v) is 3.58. The summed E-state index contributed by atoms with van der Waals surface area (Å²) in [7, 11) is -4.10. The van der Waals surface area contributed by atoms with Crippen LogP contribution in [0.25, 0.3) is 27.6 Å². The molecule has 126 valence electrons. The summed E-state index contributed by atoms with van der Waals surface area (Å²) in [6.07, 6.45) is 5.02.